The summed E-state index contributed by atoms with van der Waals surface area (Å²) in [7, 11) is 1.97. The van der Waals surface area contributed by atoms with Crippen molar-refractivity contribution in [3.05, 3.63) is 22.8 Å². The number of aromatic carboxylic acids is 1. The van der Waals surface area contributed by atoms with Crippen LogP contribution in [0.2, 0.25) is 0 Å². The van der Waals surface area contributed by atoms with Gasteiger partial charge in [-0.25, -0.2) is 14.8 Å². The Bertz CT molecular complexity index is 431. The van der Waals surface area contributed by atoms with Crippen molar-refractivity contribution in [3.8, 4) is 0 Å². The van der Waals surface area contributed by atoms with Crippen molar-refractivity contribution in [2.24, 2.45) is 0 Å². The van der Waals surface area contributed by atoms with Crippen molar-refractivity contribution in [1.82, 2.24) is 14.9 Å². The third kappa shape index (κ3) is 1.90. The van der Waals surface area contributed by atoms with E-state index in [1.54, 1.807) is 0 Å². The highest BCUT2D eigenvalue weighted by atomic mass is 16.4. The Labute approximate surface area is 94.1 Å². The third-order valence-electron chi connectivity index (χ3n) is 2.82. The maximum Gasteiger partial charge on any atom is 0.354 e. The molecule has 0 atom stereocenters. The van der Waals surface area contributed by atoms with Gasteiger partial charge in [0.25, 0.3) is 0 Å². The van der Waals surface area contributed by atoms with E-state index < -0.39 is 5.97 Å². The van der Waals surface area contributed by atoms with E-state index in [0.717, 1.165) is 24.2 Å². The van der Waals surface area contributed by atoms with Gasteiger partial charge < -0.3 is 10.0 Å². The van der Waals surface area contributed by atoms with Gasteiger partial charge in [-0.05, 0) is 7.05 Å². The monoisotopic (exact) mass is 221 g/mol. The smallest absolute Gasteiger partial charge is 0.354 e. The summed E-state index contributed by atoms with van der Waals surface area (Å²) in [5.41, 5.74) is 1.86. The van der Waals surface area contributed by atoms with Gasteiger partial charge in [-0.3, -0.25) is 0 Å². The molecule has 0 aliphatic carbocycles. The van der Waals surface area contributed by atoms with Crippen LogP contribution in [0.3, 0.4) is 0 Å². The van der Waals surface area contributed by atoms with E-state index in [2.05, 4.69) is 14.9 Å². The lowest BCUT2D eigenvalue weighted by atomic mass is 10.0. The first-order chi connectivity index (χ1) is 7.61. The van der Waals surface area contributed by atoms with E-state index >= 15 is 0 Å². The topological polar surface area (TPSA) is 66.3 Å². The van der Waals surface area contributed by atoms with Gasteiger partial charge in [0.05, 0.1) is 5.69 Å². The highest BCUT2D eigenvalue weighted by molar-refractivity contribution is 5.87. The van der Waals surface area contributed by atoms with Crippen LogP contribution in [0.5, 0.6) is 0 Å². The second-order valence-electron chi connectivity index (χ2n) is 4.06. The number of hydrogen-bond donors (Lipinski definition) is 1. The summed E-state index contributed by atoms with van der Waals surface area (Å²) in [5, 5.41) is 9.14. The molecule has 2 rings (SSSR count). The Balaban J connectivity index is 2.53. The molecule has 0 amide bonds. The third-order valence-corrected chi connectivity index (χ3v) is 2.82. The minimum Gasteiger partial charge on any atom is -0.476 e. The quantitative estimate of drug-likeness (QED) is 0.797. The van der Waals surface area contributed by atoms with Crippen LogP contribution >= 0.6 is 0 Å². The number of likely N-dealkylation sites (N-methyl/N-ethyl adjacent to an activating group) is 1. The minimum absolute atomic E-state index is 0.174. The Morgan fingerprint density at radius 1 is 1.50 bits per heavy atom. The van der Waals surface area contributed by atoms with Crippen molar-refractivity contribution in [3.63, 3.8) is 0 Å². The summed E-state index contributed by atoms with van der Waals surface area (Å²) in [6, 6.07) is 0. The molecule has 0 unspecified atom stereocenters. The van der Waals surface area contributed by atoms with Gasteiger partial charge >= 0.3 is 5.97 Å². The lowest BCUT2D eigenvalue weighted by Gasteiger charge is -2.25. The summed E-state index contributed by atoms with van der Waals surface area (Å²) in [6.07, 6.45) is 1.48. The molecule has 1 aromatic heterocycles. The Hall–Kier alpha value is -1.49. The zero-order valence-electron chi connectivity index (χ0n) is 9.53. The molecule has 5 heteroatoms. The standard InChI is InChI=1S/C11H15N3O2/c1-3-9-12-8-4-5-14(2)6-7(8)10(13-9)11(15)16/h3-6H2,1-2H3,(H,15,16). The number of hydrogen-bond acceptors (Lipinski definition) is 4. The zero-order valence-corrected chi connectivity index (χ0v) is 9.53. The number of nitrogens with zero attached hydrogens (tertiary/aromatic N) is 3. The van der Waals surface area contributed by atoms with E-state index in [9.17, 15) is 4.79 Å². The number of aromatic nitrogens is 2. The number of aryl methyl sites for hydroxylation is 1. The van der Waals surface area contributed by atoms with E-state index in [4.69, 9.17) is 5.11 Å². The fourth-order valence-corrected chi connectivity index (χ4v) is 1.94. The molecule has 0 aromatic carbocycles. The van der Waals surface area contributed by atoms with Gasteiger partial charge in [-0.2, -0.15) is 0 Å². The largest absolute Gasteiger partial charge is 0.476 e. The normalized spacial score (nSPS) is 15.9. The SMILES string of the molecule is CCc1nc2c(c(C(=O)O)n1)CN(C)CC2. The summed E-state index contributed by atoms with van der Waals surface area (Å²) >= 11 is 0. The van der Waals surface area contributed by atoms with Crippen LogP contribution in [-0.4, -0.2) is 39.5 Å². The second kappa shape index (κ2) is 4.17. The predicted molar refractivity (Wildman–Crippen MR) is 58.4 cm³/mol. The molecule has 0 saturated carbocycles. The molecule has 5 nitrogen and oxygen atoms in total. The van der Waals surface area contributed by atoms with Crippen LogP contribution < -0.4 is 0 Å². The van der Waals surface area contributed by atoms with Gasteiger partial charge in [0.15, 0.2) is 5.69 Å². The molecule has 0 bridgehead atoms. The van der Waals surface area contributed by atoms with E-state index in [1.807, 2.05) is 14.0 Å². The molecular formula is C11H15N3O2. The highest BCUT2D eigenvalue weighted by Gasteiger charge is 2.23. The van der Waals surface area contributed by atoms with E-state index in [1.165, 1.54) is 0 Å². The molecule has 0 fully saturated rings. The molecule has 1 aromatic rings. The highest BCUT2D eigenvalue weighted by Crippen LogP contribution is 2.19. The fourth-order valence-electron chi connectivity index (χ4n) is 1.94. The number of carboxylic acids is 1. The predicted octanol–water partition coefficient (Wildman–Crippen LogP) is 0.725. The molecule has 0 radical (unpaired) electrons. The molecule has 2 heterocycles. The average Bonchev–Trinajstić information content (AvgIpc) is 2.27. The Morgan fingerprint density at radius 2 is 2.25 bits per heavy atom. The van der Waals surface area contributed by atoms with Crippen LogP contribution in [0.25, 0.3) is 0 Å². The van der Waals surface area contributed by atoms with Gasteiger partial charge in [-0.1, -0.05) is 6.92 Å². The van der Waals surface area contributed by atoms with Crippen molar-refractivity contribution in [1.29, 1.82) is 0 Å². The maximum absolute atomic E-state index is 11.1. The van der Waals surface area contributed by atoms with Crippen LogP contribution in [-0.2, 0) is 19.4 Å². The van der Waals surface area contributed by atoms with Crippen LogP contribution in [0.4, 0.5) is 0 Å². The maximum atomic E-state index is 11.1. The number of carbonyl (C=O) groups is 1. The second-order valence-corrected chi connectivity index (χ2v) is 4.06. The molecule has 0 spiro atoms. The first kappa shape index (κ1) is 11.0. The lowest BCUT2D eigenvalue weighted by Crippen LogP contribution is -2.30. The van der Waals surface area contributed by atoms with Crippen molar-refractivity contribution >= 4 is 5.97 Å². The molecule has 1 N–H and O–H groups in total. The van der Waals surface area contributed by atoms with Gasteiger partial charge in [0.2, 0.25) is 0 Å². The molecule has 1 aliphatic heterocycles. The van der Waals surface area contributed by atoms with Gasteiger partial charge in [-0.15, -0.1) is 0 Å². The molecule has 1 aliphatic rings. The first-order valence-corrected chi connectivity index (χ1v) is 5.42. The summed E-state index contributed by atoms with van der Waals surface area (Å²) < 4.78 is 0. The number of fused-ring (bicyclic) bond motifs is 1. The van der Waals surface area contributed by atoms with Crippen LogP contribution in [0.1, 0.15) is 34.5 Å². The zero-order chi connectivity index (χ0) is 11.7. The van der Waals surface area contributed by atoms with Crippen molar-refractivity contribution < 1.29 is 9.90 Å². The van der Waals surface area contributed by atoms with Crippen molar-refractivity contribution in [2.75, 3.05) is 13.6 Å². The van der Waals surface area contributed by atoms with E-state index in [-0.39, 0.29) is 5.69 Å². The fraction of sp³-hybridized carbons (Fsp3) is 0.545. The average molecular weight is 221 g/mol. The van der Waals surface area contributed by atoms with Crippen molar-refractivity contribution in [2.45, 2.75) is 26.3 Å². The Kier molecular flexibility index (Phi) is 2.87. The summed E-state index contributed by atoms with van der Waals surface area (Å²) in [5.74, 6) is -0.329. The van der Waals surface area contributed by atoms with Crippen LogP contribution in [0, 0.1) is 0 Å². The number of rotatable bonds is 2. The molecule has 86 valence electrons. The summed E-state index contributed by atoms with van der Waals surface area (Å²) in [6.45, 7) is 3.48. The number of carboxylic acid groups (broad SMARTS) is 1. The lowest BCUT2D eigenvalue weighted by molar-refractivity contribution is 0.0686. The van der Waals surface area contributed by atoms with Gasteiger partial charge in [0, 0.05) is 31.5 Å². The first-order valence-electron chi connectivity index (χ1n) is 5.42. The van der Waals surface area contributed by atoms with Crippen LogP contribution in [0.15, 0.2) is 0 Å². The Morgan fingerprint density at radius 3 is 2.88 bits per heavy atom. The molecule has 16 heavy (non-hydrogen) atoms. The molecular weight excluding hydrogens is 206 g/mol. The minimum atomic E-state index is -0.955. The van der Waals surface area contributed by atoms with Gasteiger partial charge in [0.1, 0.15) is 5.82 Å². The summed E-state index contributed by atoms with van der Waals surface area (Å²) in [4.78, 5) is 21.7. The molecule has 0 saturated heterocycles. The van der Waals surface area contributed by atoms with E-state index in [0.29, 0.717) is 18.8 Å².